The fraction of sp³-hybridized carbons (Fsp3) is 0.227. The number of carbonyl (C=O) groups excluding carboxylic acids is 1. The van der Waals surface area contributed by atoms with Gasteiger partial charge in [-0.15, -0.1) is 0 Å². The Labute approximate surface area is 173 Å². The summed E-state index contributed by atoms with van der Waals surface area (Å²) in [6, 6.07) is 17.9. The molecule has 0 saturated carbocycles. The Morgan fingerprint density at radius 1 is 1.14 bits per heavy atom. The van der Waals surface area contributed by atoms with Crippen molar-refractivity contribution in [2.24, 2.45) is 0 Å². The number of rotatable bonds is 6. The molecule has 0 spiro atoms. The van der Waals surface area contributed by atoms with Gasteiger partial charge in [0.15, 0.2) is 10.8 Å². The Balaban J connectivity index is 1.51. The number of nitrogens with zero attached hydrogens (tertiary/aromatic N) is 4. The normalized spacial score (nSPS) is 11.0. The van der Waals surface area contributed by atoms with Gasteiger partial charge in [0.05, 0.1) is 22.6 Å². The minimum absolute atomic E-state index is 0.0718. The first-order chi connectivity index (χ1) is 14.0. The zero-order valence-electron chi connectivity index (χ0n) is 16.7. The molecule has 0 radical (unpaired) electrons. The molecule has 2 aromatic carbocycles. The van der Waals surface area contributed by atoms with Crippen LogP contribution in [0.5, 0.6) is 0 Å². The predicted octanol–water partition coefficient (Wildman–Crippen LogP) is 4.43. The van der Waals surface area contributed by atoms with Crippen LogP contribution in [-0.4, -0.2) is 34.3 Å². The standard InChI is InChI=1S/C22H23N5OS/c1-4-16-10-12-17(13-11-16)23-19(28)14-26(3)22-24-21-20(29-22)15(2)25-27(21)18-8-6-5-7-9-18/h5-13H,4,14H2,1-3H3,(H,23,28). The number of nitrogens with one attached hydrogen (secondary N) is 1. The minimum Gasteiger partial charge on any atom is -0.342 e. The third-order valence-corrected chi connectivity index (χ3v) is 6.00. The van der Waals surface area contributed by atoms with E-state index in [1.165, 1.54) is 5.56 Å². The second-order valence-electron chi connectivity index (χ2n) is 6.94. The largest absolute Gasteiger partial charge is 0.342 e. The lowest BCUT2D eigenvalue weighted by atomic mass is 10.1. The van der Waals surface area contributed by atoms with Gasteiger partial charge in [-0.25, -0.2) is 4.68 Å². The summed E-state index contributed by atoms with van der Waals surface area (Å²) in [6.45, 7) is 4.32. The third kappa shape index (κ3) is 4.00. The molecular formula is C22H23N5OS. The first kappa shape index (κ1) is 19.1. The molecule has 2 heterocycles. The highest BCUT2D eigenvalue weighted by molar-refractivity contribution is 7.22. The fourth-order valence-electron chi connectivity index (χ4n) is 3.14. The fourth-order valence-corrected chi connectivity index (χ4v) is 4.09. The number of likely N-dealkylation sites (N-methyl/N-ethyl adjacent to an activating group) is 1. The number of hydrogen-bond donors (Lipinski definition) is 1. The zero-order valence-corrected chi connectivity index (χ0v) is 17.5. The SMILES string of the molecule is CCc1ccc(NC(=O)CN(C)c2nc3c(s2)c(C)nn3-c2ccccc2)cc1. The molecule has 0 fully saturated rings. The molecular weight excluding hydrogens is 382 g/mol. The Kier molecular flexibility index (Phi) is 5.31. The summed E-state index contributed by atoms with van der Waals surface area (Å²) in [5.74, 6) is -0.0718. The smallest absolute Gasteiger partial charge is 0.243 e. The average Bonchev–Trinajstić information content (AvgIpc) is 3.30. The number of thiazole rings is 1. The van der Waals surface area contributed by atoms with E-state index in [1.54, 1.807) is 11.3 Å². The molecule has 0 unspecified atom stereocenters. The van der Waals surface area contributed by atoms with Crippen molar-refractivity contribution in [3.63, 3.8) is 0 Å². The molecule has 4 aromatic rings. The van der Waals surface area contributed by atoms with Crippen LogP contribution in [0.25, 0.3) is 16.0 Å². The summed E-state index contributed by atoms with van der Waals surface area (Å²) in [6.07, 6.45) is 0.981. The molecule has 0 aliphatic carbocycles. The van der Waals surface area contributed by atoms with Crippen LogP contribution in [0.15, 0.2) is 54.6 Å². The van der Waals surface area contributed by atoms with Gasteiger partial charge in [0.1, 0.15) is 0 Å². The van der Waals surface area contributed by atoms with Crippen LogP contribution in [-0.2, 0) is 11.2 Å². The summed E-state index contributed by atoms with van der Waals surface area (Å²) in [5, 5.41) is 8.36. The van der Waals surface area contributed by atoms with E-state index in [2.05, 4.69) is 17.3 Å². The van der Waals surface area contributed by atoms with Gasteiger partial charge in [0.2, 0.25) is 5.91 Å². The van der Waals surface area contributed by atoms with Crippen molar-refractivity contribution in [3.8, 4) is 5.69 Å². The number of amides is 1. The summed E-state index contributed by atoms with van der Waals surface area (Å²) < 4.78 is 2.89. The Morgan fingerprint density at radius 3 is 2.55 bits per heavy atom. The van der Waals surface area contributed by atoms with E-state index in [9.17, 15) is 4.79 Å². The van der Waals surface area contributed by atoms with Gasteiger partial charge in [-0.05, 0) is 43.2 Å². The zero-order chi connectivity index (χ0) is 20.4. The average molecular weight is 406 g/mol. The first-order valence-electron chi connectivity index (χ1n) is 9.56. The number of fused-ring (bicyclic) bond motifs is 1. The Bertz CT molecular complexity index is 1130. The molecule has 0 aliphatic heterocycles. The summed E-state index contributed by atoms with van der Waals surface area (Å²) >= 11 is 1.55. The van der Waals surface area contributed by atoms with E-state index < -0.39 is 0 Å². The van der Waals surface area contributed by atoms with E-state index >= 15 is 0 Å². The monoisotopic (exact) mass is 405 g/mol. The van der Waals surface area contributed by atoms with Gasteiger partial charge in [0, 0.05) is 12.7 Å². The molecule has 0 aliphatic rings. The number of para-hydroxylation sites is 1. The van der Waals surface area contributed by atoms with Crippen molar-refractivity contribution in [2.45, 2.75) is 20.3 Å². The molecule has 148 valence electrons. The summed E-state index contributed by atoms with van der Waals surface area (Å²) in [4.78, 5) is 19.1. The van der Waals surface area contributed by atoms with Crippen LogP contribution in [0.1, 0.15) is 18.2 Å². The van der Waals surface area contributed by atoms with Crippen molar-refractivity contribution < 1.29 is 4.79 Å². The highest BCUT2D eigenvalue weighted by Crippen LogP contribution is 2.31. The predicted molar refractivity (Wildman–Crippen MR) is 119 cm³/mol. The van der Waals surface area contributed by atoms with E-state index in [4.69, 9.17) is 4.98 Å². The summed E-state index contributed by atoms with van der Waals surface area (Å²) in [5.41, 5.74) is 4.77. The lowest BCUT2D eigenvalue weighted by Gasteiger charge is -2.15. The van der Waals surface area contributed by atoms with Crippen LogP contribution in [0.3, 0.4) is 0 Å². The van der Waals surface area contributed by atoms with E-state index in [0.29, 0.717) is 0 Å². The molecule has 0 atom stereocenters. The van der Waals surface area contributed by atoms with E-state index in [-0.39, 0.29) is 12.5 Å². The summed E-state index contributed by atoms with van der Waals surface area (Å²) in [7, 11) is 1.88. The van der Waals surface area contributed by atoms with Crippen LogP contribution >= 0.6 is 11.3 Å². The number of aryl methyl sites for hydroxylation is 2. The van der Waals surface area contributed by atoms with E-state index in [0.717, 1.165) is 39.0 Å². The Morgan fingerprint density at radius 2 is 1.86 bits per heavy atom. The first-order valence-corrected chi connectivity index (χ1v) is 10.4. The van der Waals surface area contributed by atoms with Gasteiger partial charge in [-0.3, -0.25) is 4.79 Å². The molecule has 6 nitrogen and oxygen atoms in total. The maximum absolute atomic E-state index is 12.5. The second kappa shape index (κ2) is 8.05. The Hall–Kier alpha value is -3.19. The van der Waals surface area contributed by atoms with Gasteiger partial charge < -0.3 is 10.2 Å². The lowest BCUT2D eigenvalue weighted by Crippen LogP contribution is -2.30. The quantitative estimate of drug-likeness (QED) is 0.516. The molecule has 0 bridgehead atoms. The van der Waals surface area contributed by atoms with Crippen molar-refractivity contribution in [1.29, 1.82) is 0 Å². The maximum Gasteiger partial charge on any atom is 0.243 e. The number of benzene rings is 2. The topological polar surface area (TPSA) is 63.1 Å². The van der Waals surface area contributed by atoms with Crippen LogP contribution in [0.4, 0.5) is 10.8 Å². The highest BCUT2D eigenvalue weighted by Gasteiger charge is 2.18. The van der Waals surface area contributed by atoms with Crippen LogP contribution < -0.4 is 10.2 Å². The van der Waals surface area contributed by atoms with Gasteiger partial charge in [-0.2, -0.15) is 10.1 Å². The van der Waals surface area contributed by atoms with Crippen LogP contribution in [0, 0.1) is 6.92 Å². The van der Waals surface area contributed by atoms with Gasteiger partial charge in [0.25, 0.3) is 0 Å². The highest BCUT2D eigenvalue weighted by atomic mass is 32.1. The maximum atomic E-state index is 12.5. The van der Waals surface area contributed by atoms with Crippen molar-refractivity contribution in [3.05, 3.63) is 65.9 Å². The van der Waals surface area contributed by atoms with Crippen molar-refractivity contribution in [2.75, 3.05) is 23.8 Å². The molecule has 29 heavy (non-hydrogen) atoms. The molecule has 1 N–H and O–H groups in total. The van der Waals surface area contributed by atoms with Crippen molar-refractivity contribution in [1.82, 2.24) is 14.8 Å². The number of carbonyl (C=O) groups is 1. The molecule has 7 heteroatoms. The van der Waals surface area contributed by atoms with Crippen molar-refractivity contribution >= 4 is 38.4 Å². The van der Waals surface area contributed by atoms with Gasteiger partial charge >= 0.3 is 0 Å². The molecule has 1 amide bonds. The molecule has 2 aromatic heterocycles. The molecule has 0 saturated heterocycles. The van der Waals surface area contributed by atoms with E-state index in [1.807, 2.05) is 78.2 Å². The number of hydrogen-bond acceptors (Lipinski definition) is 5. The second-order valence-corrected chi connectivity index (χ2v) is 7.91. The molecule has 4 rings (SSSR count). The number of anilines is 2. The minimum atomic E-state index is -0.0718. The third-order valence-electron chi connectivity index (χ3n) is 4.73. The number of aromatic nitrogens is 3. The lowest BCUT2D eigenvalue weighted by molar-refractivity contribution is -0.114. The van der Waals surface area contributed by atoms with Gasteiger partial charge in [-0.1, -0.05) is 48.6 Å². The van der Waals surface area contributed by atoms with Crippen LogP contribution in [0.2, 0.25) is 0 Å².